The van der Waals surface area contributed by atoms with E-state index in [9.17, 15) is 13.2 Å². The van der Waals surface area contributed by atoms with Gasteiger partial charge in [-0.1, -0.05) is 0 Å². The molecule has 3 aromatic heterocycles. The van der Waals surface area contributed by atoms with Gasteiger partial charge in [-0.25, -0.2) is 4.98 Å². The van der Waals surface area contributed by atoms with Crippen LogP contribution in [0.15, 0.2) is 12.1 Å². The third kappa shape index (κ3) is 3.53. The summed E-state index contributed by atoms with van der Waals surface area (Å²) >= 11 is 0. The summed E-state index contributed by atoms with van der Waals surface area (Å²) in [6, 6.07) is 3.71. The van der Waals surface area contributed by atoms with Gasteiger partial charge < -0.3 is 9.64 Å². The first-order valence-corrected chi connectivity index (χ1v) is 8.90. The number of fused-ring (bicyclic) bond motifs is 1. The van der Waals surface area contributed by atoms with Gasteiger partial charge in [0.25, 0.3) is 11.6 Å². The number of rotatable bonds is 3. The van der Waals surface area contributed by atoms with E-state index in [1.54, 1.807) is 13.0 Å². The predicted molar refractivity (Wildman–Crippen MR) is 94.2 cm³/mol. The molecule has 0 N–H and O–H groups in total. The van der Waals surface area contributed by atoms with Gasteiger partial charge in [0, 0.05) is 30.5 Å². The molecule has 1 fully saturated rings. The highest BCUT2D eigenvalue weighted by molar-refractivity contribution is 5.48. The fourth-order valence-electron chi connectivity index (χ4n) is 3.40. The van der Waals surface area contributed by atoms with Gasteiger partial charge in [0.05, 0.1) is 24.9 Å². The second-order valence-electron chi connectivity index (χ2n) is 6.95. The third-order valence-electron chi connectivity index (χ3n) is 4.62. The molecule has 8 nitrogen and oxygen atoms in total. The van der Waals surface area contributed by atoms with Crippen molar-refractivity contribution in [1.82, 2.24) is 29.4 Å². The molecule has 1 unspecified atom stereocenters. The van der Waals surface area contributed by atoms with Crippen LogP contribution in [0.2, 0.25) is 0 Å². The number of halogens is 3. The van der Waals surface area contributed by atoms with E-state index in [4.69, 9.17) is 4.74 Å². The summed E-state index contributed by atoms with van der Waals surface area (Å²) in [4.78, 5) is 9.58. The van der Waals surface area contributed by atoms with Crippen molar-refractivity contribution < 1.29 is 17.9 Å². The van der Waals surface area contributed by atoms with Crippen LogP contribution in [0.5, 0.6) is 0 Å². The number of morpholine rings is 1. The Morgan fingerprint density at radius 3 is 2.57 bits per heavy atom. The topological polar surface area (TPSA) is 73.4 Å². The average Bonchev–Trinajstić information content (AvgIpc) is 3.17. The minimum atomic E-state index is -4.62. The first kappa shape index (κ1) is 18.7. The number of hydrogen-bond donors (Lipinski definition) is 0. The lowest BCUT2D eigenvalue weighted by molar-refractivity contribution is -0.144. The average molecular weight is 395 g/mol. The SMILES string of the molecule is Cc1cc(N2CCOC(Cn3nc(C)cc3C)C2)n2nc(C(F)(F)F)nc2n1. The van der Waals surface area contributed by atoms with Crippen LogP contribution in [0, 0.1) is 20.8 Å². The lowest BCUT2D eigenvalue weighted by Crippen LogP contribution is -2.45. The summed E-state index contributed by atoms with van der Waals surface area (Å²) in [5.41, 5.74) is 2.54. The minimum Gasteiger partial charge on any atom is -0.373 e. The summed E-state index contributed by atoms with van der Waals surface area (Å²) in [6.07, 6.45) is -4.78. The Kier molecular flexibility index (Phi) is 4.48. The van der Waals surface area contributed by atoms with Crippen molar-refractivity contribution in [2.24, 2.45) is 0 Å². The molecule has 0 amide bonds. The molecule has 4 heterocycles. The molecular weight excluding hydrogens is 375 g/mol. The van der Waals surface area contributed by atoms with Gasteiger partial charge in [0.2, 0.25) is 0 Å². The molecular formula is C17H20F3N7O. The number of alkyl halides is 3. The van der Waals surface area contributed by atoms with E-state index in [0.29, 0.717) is 37.8 Å². The van der Waals surface area contributed by atoms with Crippen LogP contribution >= 0.6 is 0 Å². The van der Waals surface area contributed by atoms with Crippen LogP contribution in [0.25, 0.3) is 5.78 Å². The molecule has 4 rings (SSSR count). The van der Waals surface area contributed by atoms with Crippen LogP contribution in [0.3, 0.4) is 0 Å². The van der Waals surface area contributed by atoms with E-state index >= 15 is 0 Å². The molecule has 1 aliphatic rings. The van der Waals surface area contributed by atoms with Gasteiger partial charge in [0.1, 0.15) is 5.82 Å². The molecule has 150 valence electrons. The normalized spacial score (nSPS) is 18.2. The number of ether oxygens (including phenoxy) is 1. The Morgan fingerprint density at radius 1 is 1.11 bits per heavy atom. The third-order valence-corrected chi connectivity index (χ3v) is 4.62. The van der Waals surface area contributed by atoms with Gasteiger partial charge in [-0.2, -0.15) is 27.8 Å². The second-order valence-corrected chi connectivity index (χ2v) is 6.95. The quantitative estimate of drug-likeness (QED) is 0.677. The van der Waals surface area contributed by atoms with Crippen molar-refractivity contribution in [3.8, 4) is 0 Å². The Bertz CT molecular complexity index is 1010. The molecule has 0 bridgehead atoms. The highest BCUT2D eigenvalue weighted by atomic mass is 19.4. The maximum atomic E-state index is 13.0. The van der Waals surface area contributed by atoms with Crippen LogP contribution in [0.4, 0.5) is 19.0 Å². The van der Waals surface area contributed by atoms with E-state index in [1.807, 2.05) is 29.5 Å². The van der Waals surface area contributed by atoms with Gasteiger partial charge in [-0.3, -0.25) is 4.68 Å². The molecule has 11 heteroatoms. The molecule has 3 aromatic rings. The Hall–Kier alpha value is -2.69. The molecule has 1 atom stereocenters. The molecule has 1 aliphatic heterocycles. The summed E-state index contributed by atoms with van der Waals surface area (Å²) in [6.45, 7) is 7.67. The van der Waals surface area contributed by atoms with E-state index in [1.165, 1.54) is 0 Å². The monoisotopic (exact) mass is 395 g/mol. The van der Waals surface area contributed by atoms with Gasteiger partial charge in [-0.15, -0.1) is 5.10 Å². The van der Waals surface area contributed by atoms with E-state index in [0.717, 1.165) is 15.9 Å². The molecule has 1 saturated heterocycles. The van der Waals surface area contributed by atoms with Crippen LogP contribution in [-0.4, -0.2) is 55.2 Å². The van der Waals surface area contributed by atoms with E-state index < -0.39 is 12.0 Å². The maximum absolute atomic E-state index is 13.0. The molecule has 0 spiro atoms. The number of aryl methyl sites for hydroxylation is 3. The van der Waals surface area contributed by atoms with Crippen molar-refractivity contribution in [2.45, 2.75) is 39.6 Å². The first-order chi connectivity index (χ1) is 13.2. The highest BCUT2D eigenvalue weighted by Gasteiger charge is 2.37. The fourth-order valence-corrected chi connectivity index (χ4v) is 3.40. The smallest absolute Gasteiger partial charge is 0.373 e. The predicted octanol–water partition coefficient (Wildman–Crippen LogP) is 2.17. The Morgan fingerprint density at radius 2 is 1.89 bits per heavy atom. The van der Waals surface area contributed by atoms with Crippen molar-refractivity contribution in [1.29, 1.82) is 0 Å². The molecule has 0 saturated carbocycles. The van der Waals surface area contributed by atoms with Gasteiger partial charge >= 0.3 is 6.18 Å². The minimum absolute atomic E-state index is 0.0658. The standard InChI is InChI=1S/C17H20F3N7O/c1-10-7-14(27-16(21-10)22-15(24-27)17(18,19)20)25-4-5-28-13(8-25)9-26-12(3)6-11(2)23-26/h6-7,13H,4-5,8-9H2,1-3H3. The molecule has 0 radical (unpaired) electrons. The van der Waals surface area contributed by atoms with E-state index in [2.05, 4.69) is 20.2 Å². The van der Waals surface area contributed by atoms with E-state index in [-0.39, 0.29) is 11.9 Å². The zero-order valence-corrected chi connectivity index (χ0v) is 15.7. The maximum Gasteiger partial charge on any atom is 0.453 e. The molecule has 0 aromatic carbocycles. The first-order valence-electron chi connectivity index (χ1n) is 8.90. The zero-order chi connectivity index (χ0) is 20.1. The van der Waals surface area contributed by atoms with Crippen LogP contribution < -0.4 is 4.90 Å². The number of anilines is 1. The number of hydrogen-bond acceptors (Lipinski definition) is 6. The van der Waals surface area contributed by atoms with Crippen molar-refractivity contribution >= 4 is 11.6 Å². The lowest BCUT2D eigenvalue weighted by Gasteiger charge is -2.34. The Balaban J connectivity index is 1.63. The Labute approximate surface area is 158 Å². The summed E-state index contributed by atoms with van der Waals surface area (Å²) < 4.78 is 48.0. The van der Waals surface area contributed by atoms with Crippen molar-refractivity contribution in [2.75, 3.05) is 24.6 Å². The fraction of sp³-hybridized carbons (Fsp3) is 0.529. The molecule has 28 heavy (non-hydrogen) atoms. The van der Waals surface area contributed by atoms with Crippen LogP contribution in [0.1, 0.15) is 22.9 Å². The summed E-state index contributed by atoms with van der Waals surface area (Å²) in [5.74, 6) is -0.740. The van der Waals surface area contributed by atoms with Crippen molar-refractivity contribution in [3.05, 3.63) is 35.0 Å². The highest BCUT2D eigenvalue weighted by Crippen LogP contribution is 2.28. The largest absolute Gasteiger partial charge is 0.453 e. The molecule has 0 aliphatic carbocycles. The van der Waals surface area contributed by atoms with Crippen molar-refractivity contribution in [3.63, 3.8) is 0 Å². The summed E-state index contributed by atoms with van der Waals surface area (Å²) in [7, 11) is 0. The number of aromatic nitrogens is 6. The number of nitrogens with zero attached hydrogens (tertiary/aromatic N) is 7. The summed E-state index contributed by atoms with van der Waals surface area (Å²) in [5, 5.41) is 8.10. The van der Waals surface area contributed by atoms with Gasteiger partial charge in [0.15, 0.2) is 0 Å². The lowest BCUT2D eigenvalue weighted by atomic mass is 10.2. The second kappa shape index (κ2) is 6.73. The zero-order valence-electron chi connectivity index (χ0n) is 15.7. The van der Waals surface area contributed by atoms with Gasteiger partial charge in [-0.05, 0) is 26.8 Å². The van der Waals surface area contributed by atoms with Crippen LogP contribution in [-0.2, 0) is 17.5 Å².